The Hall–Kier alpha value is -5.80. The highest BCUT2D eigenvalue weighted by Crippen LogP contribution is 2.49. The van der Waals surface area contributed by atoms with Crippen molar-refractivity contribution in [3.05, 3.63) is 197 Å². The summed E-state index contributed by atoms with van der Waals surface area (Å²) in [6.45, 7) is 20.7. The lowest BCUT2D eigenvalue weighted by atomic mass is 9.33. The van der Waals surface area contributed by atoms with Gasteiger partial charge in [0.15, 0.2) is 0 Å². The van der Waals surface area contributed by atoms with Gasteiger partial charge in [-0.15, -0.1) is 0 Å². The van der Waals surface area contributed by atoms with Crippen LogP contribution in [-0.4, -0.2) is 6.71 Å². The topological polar surface area (TPSA) is 6.48 Å². The quantitative estimate of drug-likeness (QED) is 0.128. The predicted octanol–water partition coefficient (Wildman–Crippen LogP) is 12.3. The van der Waals surface area contributed by atoms with E-state index in [1.165, 1.54) is 89.5 Å². The molecular weight excluding hydrogens is 687 g/mol. The summed E-state index contributed by atoms with van der Waals surface area (Å²) in [5.74, 6) is 0. The first kappa shape index (κ1) is 36.8. The first-order valence-corrected chi connectivity index (χ1v) is 20.6. The van der Waals surface area contributed by atoms with E-state index in [0.29, 0.717) is 0 Å². The smallest absolute Gasteiger partial charge is 0.252 e. The van der Waals surface area contributed by atoms with Crippen LogP contribution < -0.4 is 26.2 Å². The molecule has 3 heteroatoms. The van der Waals surface area contributed by atoms with Crippen LogP contribution in [0.4, 0.5) is 34.1 Å². The summed E-state index contributed by atoms with van der Waals surface area (Å²) in [5, 5.41) is 0. The maximum absolute atomic E-state index is 2.57. The van der Waals surface area contributed by atoms with Crippen LogP contribution in [0.15, 0.2) is 158 Å². The second kappa shape index (κ2) is 13.4. The van der Waals surface area contributed by atoms with Gasteiger partial charge in [-0.3, -0.25) is 0 Å². The second-order valence-electron chi connectivity index (χ2n) is 18.6. The largest absolute Gasteiger partial charge is 0.311 e. The number of nitrogens with zero attached hydrogens (tertiary/aromatic N) is 2. The van der Waals surface area contributed by atoms with E-state index in [2.05, 4.69) is 230 Å². The average Bonchev–Trinajstić information content (AvgIpc) is 3.20. The number of benzene rings is 7. The lowest BCUT2D eigenvalue weighted by Gasteiger charge is -2.46. The Labute approximate surface area is 340 Å². The van der Waals surface area contributed by atoms with E-state index in [9.17, 15) is 0 Å². The summed E-state index contributed by atoms with van der Waals surface area (Å²) < 4.78 is 0. The van der Waals surface area contributed by atoms with Crippen LogP contribution in [0.2, 0.25) is 0 Å². The fourth-order valence-electron chi connectivity index (χ4n) is 9.28. The van der Waals surface area contributed by atoms with Crippen LogP contribution in [0.25, 0.3) is 0 Å². The fraction of sp³-hybridized carbons (Fsp3) is 0.222. The third-order valence-electron chi connectivity index (χ3n) is 12.7. The molecule has 0 saturated heterocycles. The van der Waals surface area contributed by atoms with Gasteiger partial charge in [0.1, 0.15) is 0 Å². The van der Waals surface area contributed by atoms with Crippen molar-refractivity contribution in [3.8, 4) is 0 Å². The summed E-state index contributed by atoms with van der Waals surface area (Å²) in [6.07, 6.45) is 0. The van der Waals surface area contributed by atoms with Gasteiger partial charge in [0, 0.05) is 39.5 Å². The third kappa shape index (κ3) is 6.11. The molecule has 7 aromatic carbocycles. The second-order valence-corrected chi connectivity index (χ2v) is 18.6. The van der Waals surface area contributed by atoms with Crippen molar-refractivity contribution < 1.29 is 0 Å². The number of fused-ring (bicyclic) bond motifs is 4. The summed E-state index contributed by atoms with van der Waals surface area (Å²) >= 11 is 0. The summed E-state index contributed by atoms with van der Waals surface area (Å²) in [5.41, 5.74) is 19.9. The van der Waals surface area contributed by atoms with Crippen molar-refractivity contribution >= 4 is 57.2 Å². The minimum Gasteiger partial charge on any atom is -0.311 e. The van der Waals surface area contributed by atoms with Crippen molar-refractivity contribution in [1.29, 1.82) is 0 Å². The number of hydrogen-bond donors (Lipinski definition) is 0. The van der Waals surface area contributed by atoms with Gasteiger partial charge in [-0.05, 0) is 124 Å². The molecule has 2 aliphatic rings. The molecule has 2 aliphatic heterocycles. The molecule has 0 unspecified atom stereocenters. The van der Waals surface area contributed by atoms with Gasteiger partial charge in [0.05, 0.1) is 0 Å². The van der Waals surface area contributed by atoms with Gasteiger partial charge in [0.2, 0.25) is 0 Å². The number of rotatable bonds is 5. The van der Waals surface area contributed by atoms with Crippen molar-refractivity contribution in [2.75, 3.05) is 9.80 Å². The molecule has 0 radical (unpaired) electrons. The Balaban J connectivity index is 1.44. The average molecular weight is 741 g/mol. The summed E-state index contributed by atoms with van der Waals surface area (Å²) in [6, 6.07) is 60.0. The number of aryl methyl sites for hydroxylation is 2. The molecule has 0 atom stereocenters. The minimum absolute atomic E-state index is 0.00754. The van der Waals surface area contributed by atoms with E-state index in [0.717, 1.165) is 0 Å². The number of anilines is 6. The maximum Gasteiger partial charge on any atom is 0.252 e. The van der Waals surface area contributed by atoms with Gasteiger partial charge in [-0.1, -0.05) is 162 Å². The molecule has 0 amide bonds. The van der Waals surface area contributed by atoms with Crippen molar-refractivity contribution in [2.45, 2.75) is 78.6 Å². The molecule has 0 aromatic heterocycles. The lowest BCUT2D eigenvalue weighted by molar-refractivity contribution is 0.590. The van der Waals surface area contributed by atoms with E-state index in [1.54, 1.807) is 0 Å². The zero-order valence-corrected chi connectivity index (χ0v) is 35.0. The molecule has 2 nitrogen and oxygen atoms in total. The molecule has 0 bridgehead atoms. The molecule has 282 valence electrons. The van der Waals surface area contributed by atoms with E-state index >= 15 is 0 Å². The van der Waals surface area contributed by atoms with Crippen molar-refractivity contribution in [2.24, 2.45) is 0 Å². The monoisotopic (exact) mass is 740 g/mol. The van der Waals surface area contributed by atoms with E-state index in [-0.39, 0.29) is 17.5 Å². The van der Waals surface area contributed by atoms with Crippen LogP contribution >= 0.6 is 0 Å². The molecule has 57 heavy (non-hydrogen) atoms. The lowest BCUT2D eigenvalue weighted by Crippen LogP contribution is -2.61. The fourth-order valence-corrected chi connectivity index (χ4v) is 9.28. The van der Waals surface area contributed by atoms with Gasteiger partial charge in [-0.25, -0.2) is 0 Å². The maximum atomic E-state index is 2.57. The first-order chi connectivity index (χ1) is 27.2. The summed E-state index contributed by atoms with van der Waals surface area (Å²) in [7, 11) is 0. The van der Waals surface area contributed by atoms with E-state index in [4.69, 9.17) is 0 Å². The summed E-state index contributed by atoms with van der Waals surface area (Å²) in [4.78, 5) is 5.11. The Morgan fingerprint density at radius 1 is 0.368 bits per heavy atom. The SMILES string of the molecule is Cc1ccc(N2c3ccc(C)cc3B3c4cc(C(C)(C)C)ccc4N(c4ccc(C(C)(C)C)cc4)c4cc(C(C)(c5ccccc5)c5ccccc5)cc2c43)cc1. The van der Waals surface area contributed by atoms with Crippen LogP contribution in [0, 0.1) is 13.8 Å². The van der Waals surface area contributed by atoms with E-state index in [1.807, 2.05) is 0 Å². The van der Waals surface area contributed by atoms with Gasteiger partial charge in [-0.2, -0.15) is 0 Å². The van der Waals surface area contributed by atoms with Crippen LogP contribution in [0.5, 0.6) is 0 Å². The van der Waals surface area contributed by atoms with Crippen LogP contribution in [0.1, 0.15) is 87.4 Å². The Kier molecular flexibility index (Phi) is 8.66. The van der Waals surface area contributed by atoms with Gasteiger partial charge in [0.25, 0.3) is 6.71 Å². The molecule has 9 rings (SSSR count). The molecule has 0 fully saturated rings. The zero-order chi connectivity index (χ0) is 39.9. The van der Waals surface area contributed by atoms with Crippen LogP contribution in [0.3, 0.4) is 0 Å². The molecule has 0 aliphatic carbocycles. The molecule has 0 saturated carbocycles. The third-order valence-corrected chi connectivity index (χ3v) is 12.7. The minimum atomic E-state index is -0.450. The van der Waals surface area contributed by atoms with Crippen molar-refractivity contribution in [3.63, 3.8) is 0 Å². The molecule has 0 N–H and O–H groups in total. The highest BCUT2D eigenvalue weighted by Gasteiger charge is 2.45. The molecule has 2 heterocycles. The van der Waals surface area contributed by atoms with Crippen LogP contribution in [-0.2, 0) is 16.2 Å². The predicted molar refractivity (Wildman–Crippen MR) is 246 cm³/mol. The Morgan fingerprint density at radius 2 is 0.807 bits per heavy atom. The number of hydrogen-bond acceptors (Lipinski definition) is 2. The van der Waals surface area contributed by atoms with E-state index < -0.39 is 5.41 Å². The molecule has 7 aromatic rings. The zero-order valence-electron chi connectivity index (χ0n) is 35.0. The Morgan fingerprint density at radius 3 is 1.32 bits per heavy atom. The molecular formula is C54H53BN2. The first-order valence-electron chi connectivity index (χ1n) is 20.6. The highest BCUT2D eigenvalue weighted by molar-refractivity contribution is 7.00. The molecule has 0 spiro atoms. The highest BCUT2D eigenvalue weighted by atomic mass is 15.2. The van der Waals surface area contributed by atoms with Gasteiger partial charge >= 0.3 is 0 Å². The normalized spacial score (nSPS) is 13.6. The standard InChI is InChI=1S/C54H53BN2/c1-36-20-26-43(27-21-36)56-47-30-22-37(2)32-45(47)55-46-33-41(53(6,7)8)25-31-48(46)57(44-28-23-38(24-29-44)52(3,4)5)50-35-42(34-49(56)51(50)55)54(9,39-16-12-10-13-17-39)40-18-14-11-15-19-40/h10-35H,1-9H3. The van der Waals surface area contributed by atoms with Crippen molar-refractivity contribution in [1.82, 2.24) is 0 Å². The van der Waals surface area contributed by atoms with Gasteiger partial charge < -0.3 is 9.80 Å². The Bertz CT molecular complexity index is 2570.